The van der Waals surface area contributed by atoms with E-state index in [0.29, 0.717) is 23.2 Å². The summed E-state index contributed by atoms with van der Waals surface area (Å²) in [6.07, 6.45) is 0.778. The number of nitrogens with zero attached hydrogens (tertiary/aromatic N) is 2. The summed E-state index contributed by atoms with van der Waals surface area (Å²) in [5.74, 6) is 2.00. The number of benzene rings is 1. The Labute approximate surface area is 115 Å². The maximum absolute atomic E-state index is 6.45. The Hall–Kier alpha value is -1.88. The second kappa shape index (κ2) is 4.35. The first-order valence-electron chi connectivity index (χ1n) is 5.94. The van der Waals surface area contributed by atoms with Crippen molar-refractivity contribution in [2.45, 2.75) is 6.42 Å². The zero-order chi connectivity index (χ0) is 13.6. The number of nitrogen functional groups attached to an aromatic ring is 1. The van der Waals surface area contributed by atoms with Gasteiger partial charge >= 0.3 is 0 Å². The van der Waals surface area contributed by atoms with E-state index in [2.05, 4.69) is 5.10 Å². The smallest absolute Gasteiger partial charge is 0.166 e. The summed E-state index contributed by atoms with van der Waals surface area (Å²) in [6.45, 7) is 0.624. The molecule has 2 N–H and O–H groups in total. The van der Waals surface area contributed by atoms with E-state index in [0.717, 1.165) is 29.0 Å². The summed E-state index contributed by atoms with van der Waals surface area (Å²) in [5, 5.41) is 5.01. The average molecular weight is 280 g/mol. The molecule has 0 aliphatic carbocycles. The molecule has 6 heteroatoms. The van der Waals surface area contributed by atoms with Gasteiger partial charge in [-0.15, -0.1) is 0 Å². The van der Waals surface area contributed by atoms with Crippen LogP contribution in [-0.4, -0.2) is 23.5 Å². The molecule has 19 heavy (non-hydrogen) atoms. The van der Waals surface area contributed by atoms with Crippen LogP contribution >= 0.6 is 11.6 Å². The van der Waals surface area contributed by atoms with Gasteiger partial charge in [-0.05, 0) is 6.07 Å². The SMILES string of the molecule is COc1cc(-c2cc(N)n(C)n2)c(Cl)c2c1OCC2. The lowest BCUT2D eigenvalue weighted by Crippen LogP contribution is -1.97. The zero-order valence-corrected chi connectivity index (χ0v) is 11.5. The van der Waals surface area contributed by atoms with Crippen LogP contribution in [0, 0.1) is 0 Å². The van der Waals surface area contributed by atoms with Crippen molar-refractivity contribution < 1.29 is 9.47 Å². The Balaban J connectivity index is 2.22. The van der Waals surface area contributed by atoms with E-state index in [1.54, 1.807) is 24.9 Å². The second-order valence-electron chi connectivity index (χ2n) is 4.42. The van der Waals surface area contributed by atoms with Gasteiger partial charge in [-0.2, -0.15) is 5.10 Å². The van der Waals surface area contributed by atoms with Crippen LogP contribution in [0.4, 0.5) is 5.82 Å². The van der Waals surface area contributed by atoms with Crippen molar-refractivity contribution in [3.8, 4) is 22.8 Å². The van der Waals surface area contributed by atoms with Gasteiger partial charge in [0.15, 0.2) is 11.5 Å². The van der Waals surface area contributed by atoms with Gasteiger partial charge < -0.3 is 15.2 Å². The van der Waals surface area contributed by atoms with Crippen molar-refractivity contribution in [3.63, 3.8) is 0 Å². The molecular formula is C13H14ClN3O2. The fourth-order valence-corrected chi connectivity index (χ4v) is 2.59. The highest BCUT2D eigenvalue weighted by Crippen LogP contribution is 2.45. The van der Waals surface area contributed by atoms with Gasteiger partial charge in [-0.25, -0.2) is 0 Å². The number of fused-ring (bicyclic) bond motifs is 1. The molecule has 0 fully saturated rings. The van der Waals surface area contributed by atoms with E-state index in [1.807, 2.05) is 6.07 Å². The second-order valence-corrected chi connectivity index (χ2v) is 4.80. The van der Waals surface area contributed by atoms with E-state index in [1.165, 1.54) is 0 Å². The lowest BCUT2D eigenvalue weighted by atomic mass is 10.0. The number of hydrogen-bond acceptors (Lipinski definition) is 4. The predicted molar refractivity (Wildman–Crippen MR) is 73.8 cm³/mol. The number of methoxy groups -OCH3 is 1. The first-order chi connectivity index (χ1) is 9.11. The number of aryl methyl sites for hydroxylation is 1. The largest absolute Gasteiger partial charge is 0.493 e. The lowest BCUT2D eigenvalue weighted by Gasteiger charge is -2.11. The fraction of sp³-hybridized carbons (Fsp3) is 0.308. The van der Waals surface area contributed by atoms with Gasteiger partial charge in [0.25, 0.3) is 0 Å². The standard InChI is InChI=1S/C13H14ClN3O2/c1-17-11(15)6-9(16-17)8-5-10(18-2)13-7(12(8)14)3-4-19-13/h5-6H,3-4,15H2,1-2H3. The highest BCUT2D eigenvalue weighted by molar-refractivity contribution is 6.34. The molecule has 2 heterocycles. The predicted octanol–water partition coefficient (Wildman–Crippen LogP) is 2.27. The molecule has 1 aromatic heterocycles. The lowest BCUT2D eigenvalue weighted by molar-refractivity contribution is 0.326. The summed E-state index contributed by atoms with van der Waals surface area (Å²) in [4.78, 5) is 0. The molecule has 1 aliphatic heterocycles. The quantitative estimate of drug-likeness (QED) is 0.916. The number of nitrogens with two attached hydrogens (primary N) is 1. The molecule has 0 saturated carbocycles. The third-order valence-corrected chi connectivity index (χ3v) is 3.72. The Morgan fingerprint density at radius 1 is 1.47 bits per heavy atom. The maximum Gasteiger partial charge on any atom is 0.166 e. The van der Waals surface area contributed by atoms with Crippen LogP contribution in [-0.2, 0) is 13.5 Å². The number of anilines is 1. The topological polar surface area (TPSA) is 62.3 Å². The maximum atomic E-state index is 6.45. The zero-order valence-electron chi connectivity index (χ0n) is 10.7. The molecule has 100 valence electrons. The molecule has 0 saturated heterocycles. The Bertz CT molecular complexity index is 632. The van der Waals surface area contributed by atoms with Gasteiger partial charge in [-0.1, -0.05) is 11.6 Å². The Morgan fingerprint density at radius 3 is 2.89 bits per heavy atom. The summed E-state index contributed by atoms with van der Waals surface area (Å²) in [6, 6.07) is 3.64. The minimum atomic E-state index is 0.585. The van der Waals surface area contributed by atoms with Gasteiger partial charge in [0.1, 0.15) is 5.82 Å². The van der Waals surface area contributed by atoms with Gasteiger partial charge in [-0.3, -0.25) is 4.68 Å². The van der Waals surface area contributed by atoms with Crippen molar-refractivity contribution in [3.05, 3.63) is 22.7 Å². The normalized spacial score (nSPS) is 13.2. The molecule has 0 atom stereocenters. The molecule has 0 radical (unpaired) electrons. The number of hydrogen-bond donors (Lipinski definition) is 1. The first kappa shape index (κ1) is 12.2. The molecule has 1 aromatic carbocycles. The van der Waals surface area contributed by atoms with Crippen LogP contribution in [0.1, 0.15) is 5.56 Å². The van der Waals surface area contributed by atoms with Crippen molar-refractivity contribution >= 4 is 17.4 Å². The van der Waals surface area contributed by atoms with Crippen LogP contribution in [0.3, 0.4) is 0 Å². The molecule has 0 unspecified atom stereocenters. The third kappa shape index (κ3) is 1.81. The van der Waals surface area contributed by atoms with Crippen LogP contribution in [0.15, 0.2) is 12.1 Å². The van der Waals surface area contributed by atoms with Crippen molar-refractivity contribution in [1.82, 2.24) is 9.78 Å². The van der Waals surface area contributed by atoms with Crippen LogP contribution in [0.5, 0.6) is 11.5 Å². The molecule has 0 amide bonds. The van der Waals surface area contributed by atoms with E-state index < -0.39 is 0 Å². The highest BCUT2D eigenvalue weighted by atomic mass is 35.5. The molecule has 3 rings (SSSR count). The van der Waals surface area contributed by atoms with Crippen molar-refractivity contribution in [1.29, 1.82) is 0 Å². The van der Waals surface area contributed by atoms with E-state index in [-0.39, 0.29) is 0 Å². The fourth-order valence-electron chi connectivity index (χ4n) is 2.26. The number of rotatable bonds is 2. The van der Waals surface area contributed by atoms with Crippen LogP contribution in [0.25, 0.3) is 11.3 Å². The van der Waals surface area contributed by atoms with Gasteiger partial charge in [0.05, 0.1) is 24.4 Å². The van der Waals surface area contributed by atoms with E-state index in [9.17, 15) is 0 Å². The molecule has 1 aliphatic rings. The van der Waals surface area contributed by atoms with Crippen molar-refractivity contribution in [2.24, 2.45) is 7.05 Å². The summed E-state index contributed by atoms with van der Waals surface area (Å²) in [7, 11) is 3.40. The summed E-state index contributed by atoms with van der Waals surface area (Å²) >= 11 is 6.45. The van der Waals surface area contributed by atoms with Crippen LogP contribution in [0.2, 0.25) is 5.02 Å². The average Bonchev–Trinajstić information content (AvgIpc) is 2.99. The highest BCUT2D eigenvalue weighted by Gasteiger charge is 2.24. The minimum Gasteiger partial charge on any atom is -0.493 e. The first-order valence-corrected chi connectivity index (χ1v) is 6.31. The molecule has 0 bridgehead atoms. The monoisotopic (exact) mass is 279 g/mol. The molecule has 0 spiro atoms. The molecule has 2 aromatic rings. The van der Waals surface area contributed by atoms with Crippen LogP contribution < -0.4 is 15.2 Å². The van der Waals surface area contributed by atoms with E-state index >= 15 is 0 Å². The molecule has 5 nitrogen and oxygen atoms in total. The Morgan fingerprint density at radius 2 is 2.26 bits per heavy atom. The number of aromatic nitrogens is 2. The number of halogens is 1. The Kier molecular flexibility index (Phi) is 2.78. The summed E-state index contributed by atoms with van der Waals surface area (Å²) < 4.78 is 12.5. The number of ether oxygens (including phenoxy) is 2. The van der Waals surface area contributed by atoms with Gasteiger partial charge in [0.2, 0.25) is 0 Å². The van der Waals surface area contributed by atoms with E-state index in [4.69, 9.17) is 26.8 Å². The molecular weight excluding hydrogens is 266 g/mol. The third-order valence-electron chi connectivity index (χ3n) is 3.29. The van der Waals surface area contributed by atoms with Crippen molar-refractivity contribution in [2.75, 3.05) is 19.5 Å². The van der Waals surface area contributed by atoms with Gasteiger partial charge in [0, 0.05) is 30.7 Å². The summed E-state index contributed by atoms with van der Waals surface area (Å²) in [5.41, 5.74) is 8.33. The minimum absolute atomic E-state index is 0.585.